The van der Waals surface area contributed by atoms with Gasteiger partial charge in [-0.2, -0.15) is 13.2 Å². The second-order valence-corrected chi connectivity index (χ2v) is 7.36. The number of aromatic nitrogens is 1. The lowest BCUT2D eigenvalue weighted by Crippen LogP contribution is -2.39. The van der Waals surface area contributed by atoms with Gasteiger partial charge in [-0.15, -0.1) is 0 Å². The van der Waals surface area contributed by atoms with Crippen LogP contribution in [0.4, 0.5) is 13.2 Å². The molecule has 1 aliphatic carbocycles. The van der Waals surface area contributed by atoms with E-state index in [-0.39, 0.29) is 23.9 Å². The Bertz CT molecular complexity index is 901. The summed E-state index contributed by atoms with van der Waals surface area (Å²) in [6, 6.07) is 5.29. The summed E-state index contributed by atoms with van der Waals surface area (Å²) in [5.41, 5.74) is -0.435. The molecule has 1 fully saturated rings. The van der Waals surface area contributed by atoms with Crippen LogP contribution >= 0.6 is 0 Å². The van der Waals surface area contributed by atoms with Crippen molar-refractivity contribution in [3.8, 4) is 23.1 Å². The molecule has 0 spiro atoms. The molecule has 0 unspecified atom stereocenters. The zero-order valence-corrected chi connectivity index (χ0v) is 18.0. The molecule has 174 valence electrons. The van der Waals surface area contributed by atoms with Crippen molar-refractivity contribution < 1.29 is 36.9 Å². The Labute approximate surface area is 183 Å². The summed E-state index contributed by atoms with van der Waals surface area (Å²) in [5, 5.41) is 3.00. The fourth-order valence-corrected chi connectivity index (χ4v) is 3.59. The molecule has 1 aliphatic rings. The van der Waals surface area contributed by atoms with Crippen LogP contribution in [0.25, 0.3) is 0 Å². The fourth-order valence-electron chi connectivity index (χ4n) is 3.59. The van der Waals surface area contributed by atoms with Crippen LogP contribution in [-0.4, -0.2) is 44.4 Å². The zero-order valence-electron chi connectivity index (χ0n) is 18.0. The highest BCUT2D eigenvalue weighted by Crippen LogP contribution is 2.38. The van der Waals surface area contributed by atoms with Gasteiger partial charge < -0.3 is 24.3 Å². The number of carbonyl (C=O) groups excluding carboxylic acids is 1. The number of amides is 1. The highest BCUT2D eigenvalue weighted by atomic mass is 19.4. The molecule has 2 aromatic rings. The quantitative estimate of drug-likeness (QED) is 0.674. The maximum atomic E-state index is 12.7. The molecule has 1 aromatic carbocycles. The number of alkyl halides is 3. The molecule has 1 amide bonds. The monoisotopic (exact) mass is 454 g/mol. The van der Waals surface area contributed by atoms with E-state index in [1.165, 1.54) is 27.4 Å². The molecule has 0 atom stereocenters. The molecule has 1 N–H and O–H groups in total. The van der Waals surface area contributed by atoms with E-state index in [0.717, 1.165) is 12.3 Å². The molecule has 1 aromatic heterocycles. The number of benzene rings is 1. The summed E-state index contributed by atoms with van der Waals surface area (Å²) < 4.78 is 59.5. The molecule has 1 heterocycles. The third-order valence-electron chi connectivity index (χ3n) is 5.29. The van der Waals surface area contributed by atoms with Crippen LogP contribution in [0.15, 0.2) is 30.5 Å². The number of nitrogens with one attached hydrogen (secondary N) is 1. The van der Waals surface area contributed by atoms with E-state index in [0.29, 0.717) is 48.5 Å². The maximum absolute atomic E-state index is 12.7. The van der Waals surface area contributed by atoms with Gasteiger partial charge in [-0.3, -0.25) is 4.79 Å². The topological polar surface area (TPSA) is 78.9 Å². The van der Waals surface area contributed by atoms with Crippen molar-refractivity contribution in [3.63, 3.8) is 0 Å². The number of hydrogen-bond acceptors (Lipinski definition) is 6. The van der Waals surface area contributed by atoms with Gasteiger partial charge in [0.05, 0.1) is 26.9 Å². The van der Waals surface area contributed by atoms with E-state index in [2.05, 4.69) is 10.3 Å². The molecule has 0 saturated heterocycles. The van der Waals surface area contributed by atoms with Gasteiger partial charge in [-0.05, 0) is 43.9 Å². The fraction of sp³-hybridized carbons (Fsp3) is 0.455. The van der Waals surface area contributed by atoms with E-state index in [4.69, 9.17) is 18.9 Å². The lowest BCUT2D eigenvalue weighted by atomic mass is 9.92. The minimum absolute atomic E-state index is 0.0537. The van der Waals surface area contributed by atoms with Crippen molar-refractivity contribution in [1.29, 1.82) is 0 Å². The molecular weight excluding hydrogens is 429 g/mol. The van der Waals surface area contributed by atoms with Crippen LogP contribution in [0.5, 0.6) is 23.1 Å². The first-order valence-electron chi connectivity index (χ1n) is 10.1. The van der Waals surface area contributed by atoms with Gasteiger partial charge in [-0.1, -0.05) is 0 Å². The Balaban J connectivity index is 1.55. The predicted octanol–water partition coefficient (Wildman–Crippen LogP) is 4.25. The summed E-state index contributed by atoms with van der Waals surface area (Å²) in [4.78, 5) is 16.5. The zero-order chi connectivity index (χ0) is 23.3. The average molecular weight is 454 g/mol. The predicted molar refractivity (Wildman–Crippen MR) is 109 cm³/mol. The van der Waals surface area contributed by atoms with Gasteiger partial charge >= 0.3 is 6.18 Å². The second kappa shape index (κ2) is 9.97. The average Bonchev–Trinajstić information content (AvgIpc) is 2.79. The van der Waals surface area contributed by atoms with E-state index in [1.54, 1.807) is 12.1 Å². The molecule has 3 rings (SSSR count). The number of pyridine rings is 1. The summed E-state index contributed by atoms with van der Waals surface area (Å²) in [6.07, 6.45) is -1.22. The highest BCUT2D eigenvalue weighted by Gasteiger charge is 2.31. The van der Waals surface area contributed by atoms with Gasteiger partial charge in [0, 0.05) is 23.9 Å². The largest absolute Gasteiger partial charge is 0.493 e. The first-order chi connectivity index (χ1) is 15.2. The van der Waals surface area contributed by atoms with Gasteiger partial charge in [0.25, 0.3) is 5.91 Å². The van der Waals surface area contributed by atoms with Gasteiger partial charge in [0.1, 0.15) is 6.10 Å². The van der Waals surface area contributed by atoms with Crippen LogP contribution < -0.4 is 24.3 Å². The lowest BCUT2D eigenvalue weighted by molar-refractivity contribution is -0.137. The molecule has 0 aliphatic heterocycles. The molecule has 0 radical (unpaired) electrons. The van der Waals surface area contributed by atoms with Crippen LogP contribution in [0.2, 0.25) is 0 Å². The molecule has 0 bridgehead atoms. The second-order valence-electron chi connectivity index (χ2n) is 7.36. The Kier molecular flexibility index (Phi) is 7.32. The van der Waals surface area contributed by atoms with Crippen molar-refractivity contribution in [2.24, 2.45) is 0 Å². The molecule has 10 heteroatoms. The van der Waals surface area contributed by atoms with Crippen molar-refractivity contribution in [3.05, 3.63) is 41.6 Å². The van der Waals surface area contributed by atoms with E-state index >= 15 is 0 Å². The van der Waals surface area contributed by atoms with Gasteiger partial charge in [0.15, 0.2) is 11.5 Å². The molecule has 32 heavy (non-hydrogen) atoms. The van der Waals surface area contributed by atoms with Gasteiger partial charge in [0.2, 0.25) is 11.6 Å². The van der Waals surface area contributed by atoms with E-state index < -0.39 is 11.7 Å². The Morgan fingerprint density at radius 1 is 1.00 bits per heavy atom. The van der Waals surface area contributed by atoms with E-state index in [1.807, 2.05) is 0 Å². The number of rotatable bonds is 7. The number of carbonyl (C=O) groups is 1. The van der Waals surface area contributed by atoms with Crippen molar-refractivity contribution >= 4 is 5.91 Å². The van der Waals surface area contributed by atoms with Crippen LogP contribution in [0.1, 0.15) is 41.6 Å². The lowest BCUT2D eigenvalue weighted by Gasteiger charge is -2.29. The number of hydrogen-bond donors (Lipinski definition) is 1. The van der Waals surface area contributed by atoms with E-state index in [9.17, 15) is 18.0 Å². The Morgan fingerprint density at radius 3 is 2.09 bits per heavy atom. The molecule has 7 nitrogen and oxygen atoms in total. The minimum atomic E-state index is -4.43. The van der Waals surface area contributed by atoms with Crippen LogP contribution in [0, 0.1) is 0 Å². The standard InChI is InChI=1S/C22H25F3N2O5/c1-29-17-10-13(11-18(30-2)20(17)31-3)21(28)27-15-5-7-16(8-6-15)32-19-9-4-14(12-26-19)22(23,24)25/h4,9-12,15-16H,5-8H2,1-3H3,(H,27,28). The Hall–Kier alpha value is -3.17. The smallest absolute Gasteiger partial charge is 0.417 e. The molecule has 1 saturated carbocycles. The van der Waals surface area contributed by atoms with Gasteiger partial charge in [-0.25, -0.2) is 4.98 Å². The first kappa shape index (κ1) is 23.5. The third kappa shape index (κ3) is 5.54. The number of nitrogens with zero attached hydrogens (tertiary/aromatic N) is 1. The molecular formula is C22H25F3N2O5. The Morgan fingerprint density at radius 2 is 1.62 bits per heavy atom. The number of ether oxygens (including phenoxy) is 4. The number of halogens is 3. The van der Waals surface area contributed by atoms with Crippen molar-refractivity contribution in [2.45, 2.75) is 44.0 Å². The third-order valence-corrected chi connectivity index (χ3v) is 5.29. The summed E-state index contributed by atoms with van der Waals surface area (Å²) in [5.74, 6) is 1.07. The normalized spacial score (nSPS) is 18.6. The van der Waals surface area contributed by atoms with Crippen LogP contribution in [-0.2, 0) is 6.18 Å². The van der Waals surface area contributed by atoms with Crippen molar-refractivity contribution in [1.82, 2.24) is 10.3 Å². The SMILES string of the molecule is COc1cc(C(=O)NC2CCC(Oc3ccc(C(F)(F)F)cn3)CC2)cc(OC)c1OC. The minimum Gasteiger partial charge on any atom is -0.493 e. The summed E-state index contributed by atoms with van der Waals surface area (Å²) >= 11 is 0. The summed E-state index contributed by atoms with van der Waals surface area (Å²) in [7, 11) is 4.44. The highest BCUT2D eigenvalue weighted by molar-refractivity contribution is 5.95. The maximum Gasteiger partial charge on any atom is 0.417 e. The first-order valence-corrected chi connectivity index (χ1v) is 10.1. The van der Waals surface area contributed by atoms with Crippen LogP contribution in [0.3, 0.4) is 0 Å². The number of methoxy groups -OCH3 is 3. The van der Waals surface area contributed by atoms with Crippen molar-refractivity contribution in [2.75, 3.05) is 21.3 Å². The summed E-state index contributed by atoms with van der Waals surface area (Å²) in [6.45, 7) is 0.